The van der Waals surface area contributed by atoms with Crippen LogP contribution in [-0.4, -0.2) is 13.1 Å². The van der Waals surface area contributed by atoms with Gasteiger partial charge in [-0.15, -0.1) is 0 Å². The molecule has 0 aromatic carbocycles. The summed E-state index contributed by atoms with van der Waals surface area (Å²) in [6.07, 6.45) is 12.7. The predicted octanol–water partition coefficient (Wildman–Crippen LogP) is 4.54. The van der Waals surface area contributed by atoms with E-state index in [2.05, 4.69) is 25.9 Å². The van der Waals surface area contributed by atoms with Crippen molar-refractivity contribution in [1.82, 2.24) is 5.32 Å². The molecule has 0 bridgehead atoms. The lowest BCUT2D eigenvalue weighted by Gasteiger charge is -2.42. The van der Waals surface area contributed by atoms with Gasteiger partial charge in [0.05, 0.1) is 0 Å². The van der Waals surface area contributed by atoms with Crippen molar-refractivity contribution in [2.24, 2.45) is 17.8 Å². The first-order chi connectivity index (χ1) is 8.74. The van der Waals surface area contributed by atoms with E-state index in [0.29, 0.717) is 6.04 Å². The van der Waals surface area contributed by atoms with E-state index in [9.17, 15) is 0 Å². The Bertz CT molecular complexity index is 271. The number of hydrogen-bond donors (Lipinski definition) is 1. The van der Waals surface area contributed by atoms with Gasteiger partial charge < -0.3 is 5.32 Å². The van der Waals surface area contributed by atoms with Crippen LogP contribution in [0.15, 0.2) is 12.2 Å². The Hall–Kier alpha value is -0.300. The molecule has 2 aliphatic rings. The Morgan fingerprint density at radius 2 is 1.89 bits per heavy atom. The van der Waals surface area contributed by atoms with Gasteiger partial charge in [0.25, 0.3) is 0 Å². The summed E-state index contributed by atoms with van der Waals surface area (Å²) >= 11 is 0. The summed E-state index contributed by atoms with van der Waals surface area (Å²) in [6, 6.07) is 0.681. The van der Waals surface area contributed by atoms with Crippen LogP contribution in [-0.2, 0) is 0 Å². The van der Waals surface area contributed by atoms with E-state index in [1.54, 1.807) is 0 Å². The van der Waals surface area contributed by atoms with Crippen molar-refractivity contribution in [1.29, 1.82) is 0 Å². The third-order valence-corrected chi connectivity index (χ3v) is 5.53. The topological polar surface area (TPSA) is 12.0 Å². The van der Waals surface area contributed by atoms with Crippen LogP contribution in [0.2, 0.25) is 0 Å². The van der Waals surface area contributed by atoms with Crippen molar-refractivity contribution in [3.63, 3.8) is 0 Å². The summed E-state index contributed by atoms with van der Waals surface area (Å²) in [6.45, 7) is 6.43. The first-order valence-electron chi connectivity index (χ1n) is 8.08. The normalized spacial score (nSPS) is 33.8. The van der Waals surface area contributed by atoms with E-state index in [0.717, 1.165) is 24.2 Å². The fourth-order valence-corrected chi connectivity index (χ4v) is 4.23. The molecule has 2 aliphatic carbocycles. The standard InChI is InChI=1S/C17H31N/c1-4-13(2)11-17(18-3)16-10-9-14-7-5-6-8-15(14)12-16/h14-18H,2,4-12H2,1,3H3. The molecule has 4 unspecified atom stereocenters. The van der Waals surface area contributed by atoms with Gasteiger partial charge in [-0.25, -0.2) is 0 Å². The van der Waals surface area contributed by atoms with Crippen LogP contribution in [0.1, 0.15) is 64.7 Å². The van der Waals surface area contributed by atoms with E-state index >= 15 is 0 Å². The number of fused-ring (bicyclic) bond motifs is 1. The molecular formula is C17H31N. The molecule has 0 aromatic heterocycles. The van der Waals surface area contributed by atoms with Crippen LogP contribution >= 0.6 is 0 Å². The molecular weight excluding hydrogens is 218 g/mol. The van der Waals surface area contributed by atoms with Crippen molar-refractivity contribution in [2.75, 3.05) is 7.05 Å². The molecule has 104 valence electrons. The van der Waals surface area contributed by atoms with Gasteiger partial charge in [-0.05, 0) is 56.9 Å². The zero-order valence-electron chi connectivity index (χ0n) is 12.4. The molecule has 18 heavy (non-hydrogen) atoms. The van der Waals surface area contributed by atoms with Gasteiger partial charge in [-0.2, -0.15) is 0 Å². The average molecular weight is 249 g/mol. The quantitative estimate of drug-likeness (QED) is 0.706. The van der Waals surface area contributed by atoms with E-state index in [-0.39, 0.29) is 0 Å². The number of rotatable bonds is 5. The van der Waals surface area contributed by atoms with Gasteiger partial charge in [0.15, 0.2) is 0 Å². The van der Waals surface area contributed by atoms with Gasteiger partial charge in [-0.1, -0.05) is 44.8 Å². The minimum Gasteiger partial charge on any atom is -0.316 e. The van der Waals surface area contributed by atoms with Gasteiger partial charge >= 0.3 is 0 Å². The van der Waals surface area contributed by atoms with Crippen LogP contribution in [0, 0.1) is 17.8 Å². The van der Waals surface area contributed by atoms with Crippen LogP contribution < -0.4 is 5.32 Å². The third-order valence-electron chi connectivity index (χ3n) is 5.53. The highest BCUT2D eigenvalue weighted by molar-refractivity contribution is 4.99. The number of nitrogens with one attached hydrogen (secondary N) is 1. The SMILES string of the molecule is C=C(CC)CC(NC)C1CCC2CCCCC2C1. The molecule has 4 atom stereocenters. The molecule has 0 amide bonds. The van der Waals surface area contributed by atoms with Crippen molar-refractivity contribution in [2.45, 2.75) is 70.8 Å². The van der Waals surface area contributed by atoms with E-state index in [1.807, 2.05) is 0 Å². The second-order valence-corrected chi connectivity index (χ2v) is 6.58. The van der Waals surface area contributed by atoms with Crippen LogP contribution in [0.25, 0.3) is 0 Å². The summed E-state index contributed by atoms with van der Waals surface area (Å²) in [7, 11) is 2.14. The van der Waals surface area contributed by atoms with Crippen molar-refractivity contribution >= 4 is 0 Å². The second kappa shape index (κ2) is 6.75. The van der Waals surface area contributed by atoms with Crippen LogP contribution in [0.3, 0.4) is 0 Å². The summed E-state index contributed by atoms with van der Waals surface area (Å²) in [5.41, 5.74) is 1.42. The summed E-state index contributed by atoms with van der Waals surface area (Å²) in [5, 5.41) is 3.57. The molecule has 2 rings (SSSR count). The summed E-state index contributed by atoms with van der Waals surface area (Å²) in [5.74, 6) is 3.02. The highest BCUT2D eigenvalue weighted by Crippen LogP contribution is 2.44. The van der Waals surface area contributed by atoms with Gasteiger partial charge in [0.2, 0.25) is 0 Å². The van der Waals surface area contributed by atoms with Gasteiger partial charge in [-0.3, -0.25) is 0 Å². The minimum atomic E-state index is 0.681. The lowest BCUT2D eigenvalue weighted by atomic mass is 9.65. The molecule has 2 fully saturated rings. The molecule has 2 saturated carbocycles. The zero-order valence-corrected chi connectivity index (χ0v) is 12.4. The summed E-state index contributed by atoms with van der Waals surface area (Å²) in [4.78, 5) is 0. The molecule has 0 aromatic rings. The van der Waals surface area contributed by atoms with Crippen molar-refractivity contribution in [3.8, 4) is 0 Å². The highest BCUT2D eigenvalue weighted by Gasteiger charge is 2.34. The molecule has 1 nitrogen and oxygen atoms in total. The molecule has 0 heterocycles. The van der Waals surface area contributed by atoms with Crippen LogP contribution in [0.5, 0.6) is 0 Å². The smallest absolute Gasteiger partial charge is 0.0129 e. The Labute approximate surface area is 113 Å². The lowest BCUT2D eigenvalue weighted by Crippen LogP contribution is -2.39. The predicted molar refractivity (Wildman–Crippen MR) is 79.7 cm³/mol. The molecule has 0 spiro atoms. The maximum atomic E-state index is 4.20. The first-order valence-corrected chi connectivity index (χ1v) is 8.08. The maximum absolute atomic E-state index is 4.20. The van der Waals surface area contributed by atoms with Crippen molar-refractivity contribution in [3.05, 3.63) is 12.2 Å². The lowest BCUT2D eigenvalue weighted by molar-refractivity contribution is 0.111. The Kier molecular flexibility index (Phi) is 5.29. The molecule has 0 saturated heterocycles. The second-order valence-electron chi connectivity index (χ2n) is 6.58. The third kappa shape index (κ3) is 3.38. The Balaban J connectivity index is 1.89. The first kappa shape index (κ1) is 14.1. The Morgan fingerprint density at radius 3 is 2.56 bits per heavy atom. The molecule has 0 aliphatic heterocycles. The molecule has 1 N–H and O–H groups in total. The Morgan fingerprint density at radius 1 is 1.17 bits per heavy atom. The van der Waals surface area contributed by atoms with Gasteiger partial charge in [0, 0.05) is 6.04 Å². The zero-order chi connectivity index (χ0) is 13.0. The van der Waals surface area contributed by atoms with E-state index < -0.39 is 0 Å². The average Bonchev–Trinajstić information content (AvgIpc) is 2.44. The van der Waals surface area contributed by atoms with E-state index in [4.69, 9.17) is 0 Å². The van der Waals surface area contributed by atoms with Crippen LogP contribution in [0.4, 0.5) is 0 Å². The van der Waals surface area contributed by atoms with E-state index in [1.165, 1.54) is 56.9 Å². The summed E-state index contributed by atoms with van der Waals surface area (Å²) < 4.78 is 0. The van der Waals surface area contributed by atoms with Gasteiger partial charge in [0.1, 0.15) is 0 Å². The fraction of sp³-hybridized carbons (Fsp3) is 0.882. The highest BCUT2D eigenvalue weighted by atomic mass is 14.9. The fourth-order valence-electron chi connectivity index (χ4n) is 4.23. The number of hydrogen-bond acceptors (Lipinski definition) is 1. The molecule has 0 radical (unpaired) electrons. The van der Waals surface area contributed by atoms with Crippen molar-refractivity contribution < 1.29 is 0 Å². The maximum Gasteiger partial charge on any atom is 0.0129 e. The largest absolute Gasteiger partial charge is 0.316 e. The minimum absolute atomic E-state index is 0.681. The molecule has 1 heteroatoms. The monoisotopic (exact) mass is 249 g/mol.